The number of carbonyl (C=O) groups excluding carboxylic acids is 1. The summed E-state index contributed by atoms with van der Waals surface area (Å²) in [6.07, 6.45) is 0.199. The molecule has 4 rings (SSSR count). The van der Waals surface area contributed by atoms with Crippen LogP contribution in [-0.2, 0) is 6.42 Å². The van der Waals surface area contributed by atoms with E-state index >= 15 is 0 Å². The van der Waals surface area contributed by atoms with Crippen molar-refractivity contribution >= 4 is 22.8 Å². The van der Waals surface area contributed by atoms with Gasteiger partial charge in [0.05, 0.1) is 24.1 Å². The Morgan fingerprint density at radius 3 is 2.68 bits per heavy atom. The second kappa shape index (κ2) is 6.49. The van der Waals surface area contributed by atoms with E-state index < -0.39 is 0 Å². The van der Waals surface area contributed by atoms with Crippen molar-refractivity contribution in [3.63, 3.8) is 0 Å². The summed E-state index contributed by atoms with van der Waals surface area (Å²) in [7, 11) is 1.64. The maximum atomic E-state index is 12.3. The van der Waals surface area contributed by atoms with Gasteiger partial charge >= 0.3 is 0 Å². The lowest BCUT2D eigenvalue weighted by atomic mass is 10.1. The molecule has 4 aromatic rings. The number of hydrogen-bond acceptors (Lipinski definition) is 5. The molecule has 0 aliphatic heterocycles. The van der Waals surface area contributed by atoms with Crippen LogP contribution in [0, 0.1) is 0 Å². The fourth-order valence-corrected chi connectivity index (χ4v) is 3.34. The molecule has 25 heavy (non-hydrogen) atoms. The van der Waals surface area contributed by atoms with Gasteiger partial charge < -0.3 is 4.74 Å². The Bertz CT molecular complexity index is 1020. The van der Waals surface area contributed by atoms with Crippen LogP contribution in [-0.4, -0.2) is 27.5 Å². The van der Waals surface area contributed by atoms with E-state index in [-0.39, 0.29) is 12.2 Å². The van der Waals surface area contributed by atoms with Crippen LogP contribution in [0.1, 0.15) is 15.5 Å². The molecule has 3 heterocycles. The fraction of sp³-hybridized carbons (Fsp3) is 0.105. The lowest BCUT2D eigenvalue weighted by Gasteiger charge is -2.05. The van der Waals surface area contributed by atoms with Gasteiger partial charge in [-0.05, 0) is 47.8 Å². The van der Waals surface area contributed by atoms with Crippen molar-refractivity contribution < 1.29 is 9.53 Å². The van der Waals surface area contributed by atoms with Crippen LogP contribution in [0.15, 0.2) is 60.0 Å². The molecular weight excluding hydrogens is 334 g/mol. The first-order valence-corrected chi connectivity index (χ1v) is 8.68. The maximum Gasteiger partial charge on any atom is 0.180 e. The zero-order valence-corrected chi connectivity index (χ0v) is 14.4. The smallest absolute Gasteiger partial charge is 0.180 e. The maximum absolute atomic E-state index is 12.3. The number of hydrogen-bond donors (Lipinski definition) is 0. The van der Waals surface area contributed by atoms with Gasteiger partial charge in [0, 0.05) is 5.56 Å². The number of carbonyl (C=O) groups is 1. The highest BCUT2D eigenvalue weighted by atomic mass is 32.1. The van der Waals surface area contributed by atoms with E-state index in [0.29, 0.717) is 5.82 Å². The van der Waals surface area contributed by atoms with E-state index in [1.54, 1.807) is 11.6 Å². The Morgan fingerprint density at radius 1 is 1.12 bits per heavy atom. The predicted molar refractivity (Wildman–Crippen MR) is 97.3 cm³/mol. The number of nitrogens with zero attached hydrogens (tertiary/aromatic N) is 3. The standard InChI is InChI=1S/C19H15N3O2S/c1-24-14-9-7-13(8-10-14)15-4-2-6-19-20-18(21-22(15)19)12-16(23)17-5-3-11-25-17/h2-11H,12H2,1H3. The molecule has 0 saturated carbocycles. The van der Waals surface area contributed by atoms with Crippen molar-refractivity contribution in [1.29, 1.82) is 0 Å². The van der Waals surface area contributed by atoms with Crippen molar-refractivity contribution in [3.05, 3.63) is 70.7 Å². The average Bonchev–Trinajstić information content (AvgIpc) is 3.30. The minimum absolute atomic E-state index is 0.0388. The van der Waals surface area contributed by atoms with Crippen molar-refractivity contribution in [2.75, 3.05) is 7.11 Å². The number of thiophene rings is 1. The minimum atomic E-state index is 0.0388. The lowest BCUT2D eigenvalue weighted by molar-refractivity contribution is 0.0994. The summed E-state index contributed by atoms with van der Waals surface area (Å²) < 4.78 is 6.98. The molecule has 1 aromatic carbocycles. The third-order valence-electron chi connectivity index (χ3n) is 3.90. The van der Waals surface area contributed by atoms with Gasteiger partial charge in [0.2, 0.25) is 0 Å². The van der Waals surface area contributed by atoms with Crippen molar-refractivity contribution in [3.8, 4) is 17.0 Å². The van der Waals surface area contributed by atoms with Crippen LogP contribution < -0.4 is 4.74 Å². The molecular formula is C19H15N3O2S. The van der Waals surface area contributed by atoms with Crippen molar-refractivity contribution in [2.24, 2.45) is 0 Å². The van der Waals surface area contributed by atoms with E-state index in [1.165, 1.54) is 11.3 Å². The first-order valence-electron chi connectivity index (χ1n) is 7.80. The zero-order chi connectivity index (χ0) is 17.2. The Labute approximate surface area is 148 Å². The van der Waals surface area contributed by atoms with Crippen LogP contribution in [0.3, 0.4) is 0 Å². The zero-order valence-electron chi connectivity index (χ0n) is 13.5. The Kier molecular flexibility index (Phi) is 4.03. The molecule has 0 radical (unpaired) electrons. The highest BCUT2D eigenvalue weighted by Crippen LogP contribution is 2.23. The molecule has 0 bridgehead atoms. The molecule has 0 atom stereocenters. The largest absolute Gasteiger partial charge is 0.497 e. The molecule has 0 aliphatic rings. The minimum Gasteiger partial charge on any atom is -0.497 e. The van der Waals surface area contributed by atoms with Gasteiger partial charge in [-0.15, -0.1) is 11.3 Å². The van der Waals surface area contributed by atoms with Crippen LogP contribution in [0.4, 0.5) is 0 Å². The molecule has 5 nitrogen and oxygen atoms in total. The third kappa shape index (κ3) is 3.04. The molecule has 6 heteroatoms. The molecule has 0 unspecified atom stereocenters. The summed E-state index contributed by atoms with van der Waals surface area (Å²) in [5, 5.41) is 6.43. The molecule has 0 aliphatic carbocycles. The molecule has 3 aromatic heterocycles. The lowest BCUT2D eigenvalue weighted by Crippen LogP contribution is -2.03. The number of fused-ring (bicyclic) bond motifs is 1. The second-order valence-electron chi connectivity index (χ2n) is 5.51. The van der Waals surface area contributed by atoms with Crippen LogP contribution in [0.25, 0.3) is 16.9 Å². The van der Waals surface area contributed by atoms with Gasteiger partial charge in [0.15, 0.2) is 17.3 Å². The number of Topliss-reactive ketones (excluding diaryl/α,β-unsaturated/α-hetero) is 1. The third-order valence-corrected chi connectivity index (χ3v) is 4.81. The molecule has 0 amide bonds. The van der Waals surface area contributed by atoms with E-state index in [2.05, 4.69) is 10.1 Å². The van der Waals surface area contributed by atoms with Gasteiger partial charge in [0.25, 0.3) is 0 Å². The van der Waals surface area contributed by atoms with E-state index in [9.17, 15) is 4.79 Å². The summed E-state index contributed by atoms with van der Waals surface area (Å²) in [6, 6.07) is 17.3. The Hall–Kier alpha value is -2.99. The number of methoxy groups -OCH3 is 1. The van der Waals surface area contributed by atoms with Gasteiger partial charge in [0.1, 0.15) is 5.75 Å². The summed E-state index contributed by atoms with van der Waals surface area (Å²) in [5.74, 6) is 1.37. The van der Waals surface area contributed by atoms with Crippen LogP contribution in [0.2, 0.25) is 0 Å². The van der Waals surface area contributed by atoms with Gasteiger partial charge in [-0.3, -0.25) is 4.79 Å². The first kappa shape index (κ1) is 15.5. The van der Waals surface area contributed by atoms with E-state index in [1.807, 2.05) is 60.0 Å². The number of rotatable bonds is 5. The van der Waals surface area contributed by atoms with Gasteiger partial charge in [-0.2, -0.15) is 5.10 Å². The first-order chi connectivity index (χ1) is 12.2. The number of ketones is 1. The summed E-state index contributed by atoms with van der Waals surface area (Å²) >= 11 is 1.44. The number of aromatic nitrogens is 3. The summed E-state index contributed by atoms with van der Waals surface area (Å²) in [5.41, 5.74) is 2.65. The number of benzene rings is 1. The fourth-order valence-electron chi connectivity index (χ4n) is 2.67. The quantitative estimate of drug-likeness (QED) is 0.513. The van der Waals surface area contributed by atoms with Gasteiger partial charge in [-0.1, -0.05) is 12.1 Å². The SMILES string of the molecule is COc1ccc(-c2cccc3nc(CC(=O)c4cccs4)nn23)cc1. The summed E-state index contributed by atoms with van der Waals surface area (Å²) in [6.45, 7) is 0. The van der Waals surface area contributed by atoms with Crippen LogP contribution in [0.5, 0.6) is 5.75 Å². The van der Waals surface area contributed by atoms with E-state index in [4.69, 9.17) is 4.74 Å². The number of pyridine rings is 1. The predicted octanol–water partition coefficient (Wildman–Crippen LogP) is 3.89. The molecule has 0 N–H and O–H groups in total. The topological polar surface area (TPSA) is 56.5 Å². The van der Waals surface area contributed by atoms with Gasteiger partial charge in [-0.25, -0.2) is 9.50 Å². The second-order valence-corrected chi connectivity index (χ2v) is 6.46. The molecule has 0 spiro atoms. The number of ether oxygens (including phenoxy) is 1. The highest BCUT2D eigenvalue weighted by Gasteiger charge is 2.14. The van der Waals surface area contributed by atoms with E-state index in [0.717, 1.165) is 27.5 Å². The van der Waals surface area contributed by atoms with Crippen LogP contribution >= 0.6 is 11.3 Å². The molecule has 0 saturated heterocycles. The Morgan fingerprint density at radius 2 is 1.96 bits per heavy atom. The molecule has 0 fully saturated rings. The molecule has 124 valence electrons. The van der Waals surface area contributed by atoms with Crippen molar-refractivity contribution in [2.45, 2.75) is 6.42 Å². The van der Waals surface area contributed by atoms with Crippen molar-refractivity contribution in [1.82, 2.24) is 14.6 Å². The highest BCUT2D eigenvalue weighted by molar-refractivity contribution is 7.12. The Balaban J connectivity index is 1.69. The summed E-state index contributed by atoms with van der Waals surface area (Å²) in [4.78, 5) is 17.5. The normalized spacial score (nSPS) is 10.9. The average molecular weight is 349 g/mol. The monoisotopic (exact) mass is 349 g/mol.